The zero-order valence-corrected chi connectivity index (χ0v) is 15.9. The Morgan fingerprint density at radius 1 is 1.21 bits per heavy atom. The van der Waals surface area contributed by atoms with Gasteiger partial charge in [-0.15, -0.1) is 0 Å². The van der Waals surface area contributed by atoms with E-state index in [-0.39, 0.29) is 35.6 Å². The molecule has 1 saturated carbocycles. The Kier molecular flexibility index (Phi) is 4.07. The Bertz CT molecular complexity index is 863. The Labute approximate surface area is 164 Å². The van der Waals surface area contributed by atoms with Crippen LogP contribution in [0, 0.1) is 5.41 Å². The van der Waals surface area contributed by atoms with Gasteiger partial charge in [-0.2, -0.15) is 0 Å². The van der Waals surface area contributed by atoms with Crippen molar-refractivity contribution in [1.29, 1.82) is 0 Å². The van der Waals surface area contributed by atoms with Crippen molar-refractivity contribution in [2.24, 2.45) is 11.1 Å². The standard InChI is InChI=1S/C21H26N4O3/c22-16-11-24(12-21(16)7-2-8-21)9-13-3-1-4-14-10-25(20(28)18(13)14)15-5-6-17(26)23-19(15)27/h1,3-4,15-16H,2,5-12,22H2,(H,23,26,27). The number of benzene rings is 1. The summed E-state index contributed by atoms with van der Waals surface area (Å²) in [5.74, 6) is -0.722. The number of hydrogen-bond donors (Lipinski definition) is 2. The Morgan fingerprint density at radius 2 is 2.04 bits per heavy atom. The summed E-state index contributed by atoms with van der Waals surface area (Å²) in [6, 6.07) is 5.62. The smallest absolute Gasteiger partial charge is 0.255 e. The van der Waals surface area contributed by atoms with Gasteiger partial charge in [-0.05, 0) is 35.8 Å². The van der Waals surface area contributed by atoms with Gasteiger partial charge in [0.2, 0.25) is 11.8 Å². The van der Waals surface area contributed by atoms with Gasteiger partial charge in [0.05, 0.1) is 0 Å². The summed E-state index contributed by atoms with van der Waals surface area (Å²) in [5, 5.41) is 2.36. The van der Waals surface area contributed by atoms with Crippen LogP contribution in [0.2, 0.25) is 0 Å². The van der Waals surface area contributed by atoms with Crippen molar-refractivity contribution in [2.45, 2.75) is 57.3 Å². The van der Waals surface area contributed by atoms with Gasteiger partial charge >= 0.3 is 0 Å². The number of likely N-dealkylation sites (tertiary alicyclic amines) is 1. The SMILES string of the molecule is NC1CN(Cc2cccc3c2C(=O)N(C2CCC(=O)NC2=O)C3)CC12CCC2. The number of nitrogens with one attached hydrogen (secondary N) is 1. The second kappa shape index (κ2) is 6.39. The molecule has 2 saturated heterocycles. The monoisotopic (exact) mass is 382 g/mol. The molecule has 1 spiro atoms. The summed E-state index contributed by atoms with van der Waals surface area (Å²) in [5.41, 5.74) is 9.41. The highest BCUT2D eigenvalue weighted by atomic mass is 16.2. The normalized spacial score (nSPS) is 29.2. The van der Waals surface area contributed by atoms with Crippen molar-refractivity contribution in [3.05, 3.63) is 34.9 Å². The van der Waals surface area contributed by atoms with E-state index in [1.165, 1.54) is 19.3 Å². The molecule has 0 radical (unpaired) electrons. The summed E-state index contributed by atoms with van der Waals surface area (Å²) in [7, 11) is 0. The van der Waals surface area contributed by atoms with Gasteiger partial charge in [0.15, 0.2) is 0 Å². The van der Waals surface area contributed by atoms with E-state index in [9.17, 15) is 14.4 Å². The summed E-state index contributed by atoms with van der Waals surface area (Å²) in [4.78, 5) is 40.9. The van der Waals surface area contributed by atoms with Crippen LogP contribution in [-0.2, 0) is 22.7 Å². The van der Waals surface area contributed by atoms with Gasteiger partial charge in [0.1, 0.15) is 6.04 Å². The van der Waals surface area contributed by atoms with Gasteiger partial charge in [-0.25, -0.2) is 0 Å². The molecule has 1 aromatic rings. The maximum absolute atomic E-state index is 13.2. The largest absolute Gasteiger partial charge is 0.326 e. The number of fused-ring (bicyclic) bond motifs is 1. The lowest BCUT2D eigenvalue weighted by Crippen LogP contribution is -2.52. The summed E-state index contributed by atoms with van der Waals surface area (Å²) >= 11 is 0. The molecule has 28 heavy (non-hydrogen) atoms. The quantitative estimate of drug-likeness (QED) is 0.753. The predicted octanol–water partition coefficient (Wildman–Crippen LogP) is 0.761. The molecule has 3 heterocycles. The first-order valence-electron chi connectivity index (χ1n) is 10.2. The number of piperidine rings is 1. The van der Waals surface area contributed by atoms with Crippen molar-refractivity contribution in [1.82, 2.24) is 15.1 Å². The van der Waals surface area contributed by atoms with Crippen LogP contribution >= 0.6 is 0 Å². The molecule has 1 aliphatic carbocycles. The highest BCUT2D eigenvalue weighted by molar-refractivity contribution is 6.05. The predicted molar refractivity (Wildman–Crippen MR) is 102 cm³/mol. The van der Waals surface area contributed by atoms with E-state index in [1.807, 2.05) is 18.2 Å². The third-order valence-corrected chi connectivity index (χ3v) is 7.16. The molecule has 3 amide bonds. The number of amides is 3. The summed E-state index contributed by atoms with van der Waals surface area (Å²) in [6.45, 7) is 3.02. The van der Waals surface area contributed by atoms with Gasteiger partial charge in [0, 0.05) is 44.2 Å². The van der Waals surface area contributed by atoms with Crippen LogP contribution in [-0.4, -0.2) is 52.7 Å². The van der Waals surface area contributed by atoms with E-state index in [1.54, 1.807) is 4.90 Å². The van der Waals surface area contributed by atoms with Crippen molar-refractivity contribution < 1.29 is 14.4 Å². The van der Waals surface area contributed by atoms with Crippen LogP contribution in [0.15, 0.2) is 18.2 Å². The number of nitrogens with zero attached hydrogens (tertiary/aromatic N) is 2. The highest BCUT2D eigenvalue weighted by Gasteiger charge is 2.49. The minimum absolute atomic E-state index is 0.0954. The van der Waals surface area contributed by atoms with E-state index >= 15 is 0 Å². The third kappa shape index (κ3) is 2.68. The van der Waals surface area contributed by atoms with Crippen molar-refractivity contribution in [3.8, 4) is 0 Å². The van der Waals surface area contributed by atoms with Crippen LogP contribution in [0.1, 0.15) is 53.6 Å². The topological polar surface area (TPSA) is 95.7 Å². The fourth-order valence-electron chi connectivity index (χ4n) is 5.44. The molecule has 2 unspecified atom stereocenters. The van der Waals surface area contributed by atoms with E-state index in [4.69, 9.17) is 5.73 Å². The minimum atomic E-state index is -0.566. The van der Waals surface area contributed by atoms with Crippen LogP contribution in [0.4, 0.5) is 0 Å². The number of carbonyl (C=O) groups excluding carboxylic acids is 3. The average Bonchev–Trinajstić information content (AvgIpc) is 3.13. The molecule has 7 nitrogen and oxygen atoms in total. The van der Waals surface area contributed by atoms with Crippen LogP contribution in [0.3, 0.4) is 0 Å². The molecule has 148 valence electrons. The minimum Gasteiger partial charge on any atom is -0.326 e. The molecule has 2 atom stereocenters. The first-order valence-corrected chi connectivity index (χ1v) is 10.2. The van der Waals surface area contributed by atoms with E-state index in [2.05, 4.69) is 10.2 Å². The zero-order chi connectivity index (χ0) is 19.5. The second-order valence-corrected chi connectivity index (χ2v) is 8.84. The van der Waals surface area contributed by atoms with E-state index in [0.717, 1.165) is 29.8 Å². The fraction of sp³-hybridized carbons (Fsp3) is 0.571. The van der Waals surface area contributed by atoms with Crippen molar-refractivity contribution in [3.63, 3.8) is 0 Å². The Morgan fingerprint density at radius 3 is 2.71 bits per heavy atom. The van der Waals surface area contributed by atoms with Crippen LogP contribution in [0.25, 0.3) is 0 Å². The lowest BCUT2D eigenvalue weighted by Gasteiger charge is -2.41. The molecule has 0 bridgehead atoms. The molecule has 3 aliphatic heterocycles. The van der Waals surface area contributed by atoms with Gasteiger partial charge in [0.25, 0.3) is 5.91 Å². The van der Waals surface area contributed by atoms with Crippen LogP contribution < -0.4 is 11.1 Å². The van der Waals surface area contributed by atoms with Gasteiger partial charge in [-0.3, -0.25) is 24.6 Å². The molecular formula is C21H26N4O3. The van der Waals surface area contributed by atoms with E-state index < -0.39 is 6.04 Å². The van der Waals surface area contributed by atoms with Crippen molar-refractivity contribution in [2.75, 3.05) is 13.1 Å². The number of rotatable bonds is 3. The average molecular weight is 382 g/mol. The fourth-order valence-corrected chi connectivity index (χ4v) is 5.44. The maximum atomic E-state index is 13.2. The number of imide groups is 1. The first kappa shape index (κ1) is 17.8. The molecule has 5 rings (SSSR count). The van der Waals surface area contributed by atoms with Gasteiger partial charge < -0.3 is 10.6 Å². The van der Waals surface area contributed by atoms with Gasteiger partial charge in [-0.1, -0.05) is 24.6 Å². The lowest BCUT2D eigenvalue weighted by molar-refractivity contribution is -0.136. The van der Waals surface area contributed by atoms with Crippen molar-refractivity contribution >= 4 is 17.7 Å². The lowest BCUT2D eigenvalue weighted by atomic mass is 9.66. The second-order valence-electron chi connectivity index (χ2n) is 8.84. The maximum Gasteiger partial charge on any atom is 0.255 e. The molecule has 3 N–H and O–H groups in total. The van der Waals surface area contributed by atoms with E-state index in [0.29, 0.717) is 19.5 Å². The Balaban J connectivity index is 1.36. The molecule has 3 fully saturated rings. The molecule has 1 aromatic carbocycles. The number of nitrogens with two attached hydrogens (primary N) is 1. The molecule has 0 aromatic heterocycles. The molecule has 7 heteroatoms. The highest BCUT2D eigenvalue weighted by Crippen LogP contribution is 2.47. The summed E-state index contributed by atoms with van der Waals surface area (Å²) < 4.78 is 0. The third-order valence-electron chi connectivity index (χ3n) is 7.16. The molecular weight excluding hydrogens is 356 g/mol. The Hall–Kier alpha value is -2.25. The number of hydrogen-bond acceptors (Lipinski definition) is 5. The van der Waals surface area contributed by atoms with Crippen LogP contribution in [0.5, 0.6) is 0 Å². The molecule has 4 aliphatic rings. The number of carbonyl (C=O) groups is 3. The first-order chi connectivity index (χ1) is 13.5. The zero-order valence-electron chi connectivity index (χ0n) is 15.9. The summed E-state index contributed by atoms with van der Waals surface area (Å²) in [6.07, 6.45) is 4.35.